The van der Waals surface area contributed by atoms with Gasteiger partial charge in [0.05, 0.1) is 35.5 Å². The SMILES string of the molecule is c1ccc([Si]2(C3CCCC3)[Si](c3ccccc3)(C3CCCC3)[Si](c3ccccc3)(C3CCCC3)[Si](c3ccccc3)(C3CCCC3)[Si]2(c2ccccc2)C2CCCC2)cc1. The van der Waals surface area contributed by atoms with Gasteiger partial charge in [-0.3, -0.25) is 0 Å². The standard InChI is InChI=1S/C55H70Si5/c1-6-26-46(27-7-1)56(51-36-16-17-37-51)57(52-38-18-19-39-52,47-28-8-2-9-29-47)59(54-42-22-23-43-54,49-32-12-4-13-33-49)60(55-44-24-25-45-55,50-34-14-5-15-35-50)58(56,53-40-20-21-41-53)48-30-10-3-11-31-48/h1-15,26-35,51-55H,16-25,36-45H2. The molecule has 0 atom stereocenters. The van der Waals surface area contributed by atoms with Crippen molar-refractivity contribution in [3.8, 4) is 0 Å². The van der Waals surface area contributed by atoms with E-state index >= 15 is 0 Å². The molecule has 0 nitrogen and oxygen atoms in total. The molecule has 60 heavy (non-hydrogen) atoms. The molecule has 6 fully saturated rings. The molecule has 0 bridgehead atoms. The Morgan fingerprint density at radius 1 is 0.200 bits per heavy atom. The van der Waals surface area contributed by atoms with Crippen LogP contribution >= 0.6 is 0 Å². The van der Waals surface area contributed by atoms with E-state index in [4.69, 9.17) is 0 Å². The van der Waals surface area contributed by atoms with Crippen LogP contribution in [0.2, 0.25) is 27.7 Å². The van der Waals surface area contributed by atoms with E-state index in [0.717, 1.165) is 27.7 Å². The van der Waals surface area contributed by atoms with Gasteiger partial charge in [-0.1, -0.05) is 306 Å². The van der Waals surface area contributed by atoms with Gasteiger partial charge in [0, 0.05) is 0 Å². The van der Waals surface area contributed by atoms with E-state index in [9.17, 15) is 0 Å². The first-order valence-corrected chi connectivity index (χ1v) is 40.5. The molecule has 1 saturated heterocycles. The summed E-state index contributed by atoms with van der Waals surface area (Å²) in [6, 6.07) is 67.2. The molecule has 5 aliphatic carbocycles. The van der Waals surface area contributed by atoms with Gasteiger partial charge >= 0.3 is 0 Å². The lowest BCUT2D eigenvalue weighted by Gasteiger charge is -2.63. The van der Waals surface area contributed by atoms with Gasteiger partial charge in [0.15, 0.2) is 0 Å². The van der Waals surface area contributed by atoms with Gasteiger partial charge in [0.1, 0.15) is 0 Å². The number of benzene rings is 5. The fraction of sp³-hybridized carbons (Fsp3) is 0.455. The Balaban J connectivity index is 1.54. The van der Waals surface area contributed by atoms with Crippen LogP contribution in [0.15, 0.2) is 152 Å². The predicted molar refractivity (Wildman–Crippen MR) is 270 cm³/mol. The van der Waals surface area contributed by atoms with Crippen molar-refractivity contribution in [2.75, 3.05) is 0 Å². The molecule has 11 rings (SSSR count). The van der Waals surface area contributed by atoms with Gasteiger partial charge in [-0.25, -0.2) is 0 Å². The average Bonchev–Trinajstić information content (AvgIpc) is 4.17. The van der Waals surface area contributed by atoms with Gasteiger partial charge < -0.3 is 0 Å². The topological polar surface area (TPSA) is 0 Å². The highest BCUT2D eigenvalue weighted by Gasteiger charge is 2.96. The normalized spacial score (nSPS) is 33.3. The average molecular weight is 872 g/mol. The van der Waals surface area contributed by atoms with E-state index in [1.54, 1.807) is 0 Å². The minimum atomic E-state index is -2.62. The van der Waals surface area contributed by atoms with Crippen molar-refractivity contribution in [2.45, 2.75) is 156 Å². The van der Waals surface area contributed by atoms with Crippen molar-refractivity contribution in [2.24, 2.45) is 0 Å². The van der Waals surface area contributed by atoms with Gasteiger partial charge in [-0.2, -0.15) is 0 Å². The van der Waals surface area contributed by atoms with Crippen LogP contribution in [0.4, 0.5) is 0 Å². The molecule has 1 heterocycles. The minimum Gasteiger partial charge on any atom is -0.0639 e. The van der Waals surface area contributed by atoms with E-state index in [0.29, 0.717) is 0 Å². The van der Waals surface area contributed by atoms with Crippen LogP contribution in [0.5, 0.6) is 0 Å². The lowest BCUT2D eigenvalue weighted by atomic mass is 10.4. The number of rotatable bonds is 10. The largest absolute Gasteiger partial charge is 0.0842 e. The molecule has 0 aromatic heterocycles. The van der Waals surface area contributed by atoms with Gasteiger partial charge in [0.25, 0.3) is 0 Å². The predicted octanol–water partition coefficient (Wildman–Crippen LogP) is 11.9. The van der Waals surface area contributed by atoms with Crippen LogP contribution in [0.3, 0.4) is 0 Å². The lowest BCUT2D eigenvalue weighted by Crippen LogP contribution is -2.93. The van der Waals surface area contributed by atoms with Gasteiger partial charge in [0.2, 0.25) is 0 Å². The lowest BCUT2D eigenvalue weighted by molar-refractivity contribution is 0.823. The summed E-state index contributed by atoms with van der Waals surface area (Å²) in [6.45, 7) is 0. The zero-order valence-electron chi connectivity index (χ0n) is 36.5. The first kappa shape index (κ1) is 40.0. The molecule has 5 aromatic rings. The quantitative estimate of drug-likeness (QED) is 0.123. The second-order valence-electron chi connectivity index (χ2n) is 20.8. The van der Waals surface area contributed by atoms with Gasteiger partial charge in [-0.05, 0) is 27.7 Å². The molecule has 6 aliphatic rings. The van der Waals surface area contributed by atoms with E-state index in [1.807, 2.05) is 25.9 Å². The summed E-state index contributed by atoms with van der Waals surface area (Å²) < 4.78 is 0. The highest BCUT2D eigenvalue weighted by atomic mass is 30.2. The Morgan fingerprint density at radius 2 is 0.333 bits per heavy atom. The van der Waals surface area contributed by atoms with Crippen molar-refractivity contribution in [1.82, 2.24) is 0 Å². The van der Waals surface area contributed by atoms with Crippen molar-refractivity contribution < 1.29 is 0 Å². The molecule has 1 aliphatic heterocycles. The monoisotopic (exact) mass is 870 g/mol. The van der Waals surface area contributed by atoms with E-state index < -0.39 is 35.5 Å². The van der Waals surface area contributed by atoms with Crippen LogP contribution in [0.25, 0.3) is 0 Å². The molecule has 0 N–H and O–H groups in total. The molecule has 0 amide bonds. The molecule has 310 valence electrons. The van der Waals surface area contributed by atoms with E-state index in [-0.39, 0.29) is 0 Å². The summed E-state index contributed by atoms with van der Waals surface area (Å²) in [4.78, 5) is 0. The van der Waals surface area contributed by atoms with Gasteiger partial charge in [-0.15, -0.1) is 0 Å². The number of hydrogen-bond acceptors (Lipinski definition) is 0. The highest BCUT2D eigenvalue weighted by molar-refractivity contribution is 8.21. The third-order valence-electron chi connectivity index (χ3n) is 19.1. The Bertz CT molecular complexity index is 1780. The molecule has 5 saturated carbocycles. The van der Waals surface area contributed by atoms with Crippen molar-refractivity contribution in [3.05, 3.63) is 152 Å². The molecule has 5 aromatic carbocycles. The van der Waals surface area contributed by atoms with Crippen molar-refractivity contribution in [1.29, 1.82) is 0 Å². The Labute approximate surface area is 367 Å². The highest BCUT2D eigenvalue weighted by Crippen LogP contribution is 2.73. The van der Waals surface area contributed by atoms with Crippen LogP contribution < -0.4 is 25.9 Å². The summed E-state index contributed by atoms with van der Waals surface area (Å²) in [5.74, 6) is 0. The van der Waals surface area contributed by atoms with Crippen LogP contribution in [0, 0.1) is 0 Å². The summed E-state index contributed by atoms with van der Waals surface area (Å²) in [7, 11) is -13.1. The van der Waals surface area contributed by atoms with Crippen LogP contribution in [-0.4, -0.2) is 35.5 Å². The van der Waals surface area contributed by atoms with Crippen LogP contribution in [0.1, 0.15) is 128 Å². The first-order valence-electron chi connectivity index (χ1n) is 25.1. The van der Waals surface area contributed by atoms with Crippen LogP contribution in [-0.2, 0) is 0 Å². The molecular weight excluding hydrogens is 801 g/mol. The second-order valence-corrected chi connectivity index (χ2v) is 67.0. The fourth-order valence-corrected chi connectivity index (χ4v) is 230. The second kappa shape index (κ2) is 16.4. The first-order chi connectivity index (χ1) is 29.8. The molecule has 0 unspecified atom stereocenters. The third-order valence-corrected chi connectivity index (χ3v) is 127. The Hall–Kier alpha value is -2.82. The molecular formula is C55H70Si5. The molecule has 5 heteroatoms. The van der Waals surface area contributed by atoms with E-state index in [2.05, 4.69) is 152 Å². The maximum atomic E-state index is 2.91. The van der Waals surface area contributed by atoms with Crippen molar-refractivity contribution >= 4 is 61.5 Å². The molecule has 0 radical (unpaired) electrons. The zero-order valence-corrected chi connectivity index (χ0v) is 41.5. The van der Waals surface area contributed by atoms with E-state index in [1.165, 1.54) is 128 Å². The maximum absolute atomic E-state index is 2.91. The summed E-state index contributed by atoms with van der Waals surface area (Å²) in [5, 5.41) is 10.1. The maximum Gasteiger partial charge on any atom is 0.0842 e. The fourth-order valence-electron chi connectivity index (χ4n) is 18.5. The summed E-state index contributed by atoms with van der Waals surface area (Å²) >= 11 is 0. The Morgan fingerprint density at radius 3 is 0.467 bits per heavy atom. The third kappa shape index (κ3) is 5.16. The minimum absolute atomic E-state index is 0.899. The zero-order chi connectivity index (χ0) is 40.1. The van der Waals surface area contributed by atoms with Crippen molar-refractivity contribution in [3.63, 3.8) is 0 Å². The summed E-state index contributed by atoms with van der Waals surface area (Å²) in [6.07, 6.45) is 29.8. The number of hydrogen-bond donors (Lipinski definition) is 0. The smallest absolute Gasteiger partial charge is 0.0639 e. The summed E-state index contributed by atoms with van der Waals surface area (Å²) in [5.41, 5.74) is 4.50. The molecule has 0 spiro atoms. The Kier molecular flexibility index (Phi) is 10.9.